The Hall–Kier alpha value is -2.84. The average molecular weight is 360 g/mol. The first-order chi connectivity index (χ1) is 11.5. The van der Waals surface area contributed by atoms with Gasteiger partial charge in [-0.1, -0.05) is 24.3 Å². The summed E-state index contributed by atoms with van der Waals surface area (Å²) >= 11 is 0. The van der Waals surface area contributed by atoms with Crippen molar-refractivity contribution in [1.29, 1.82) is 0 Å². The van der Waals surface area contributed by atoms with Crippen molar-refractivity contribution in [2.24, 2.45) is 10.9 Å². The van der Waals surface area contributed by atoms with E-state index in [9.17, 15) is 31.1 Å². The predicted molar refractivity (Wildman–Crippen MR) is 77.9 cm³/mol. The van der Waals surface area contributed by atoms with Crippen LogP contribution >= 0.6 is 0 Å². The number of hydrogen-bond donors (Lipinski definition) is 1. The van der Waals surface area contributed by atoms with E-state index in [4.69, 9.17) is 5.84 Å². The van der Waals surface area contributed by atoms with Crippen LogP contribution in [0.1, 0.15) is 27.0 Å². The molecule has 0 aliphatic heterocycles. The Morgan fingerprint density at radius 1 is 0.800 bits per heavy atom. The Kier molecular flexibility index (Phi) is 4.87. The highest BCUT2D eigenvalue weighted by Gasteiger charge is 2.33. The predicted octanol–water partition coefficient (Wildman–Crippen LogP) is 4.27. The van der Waals surface area contributed by atoms with Gasteiger partial charge < -0.3 is 5.84 Å². The molecule has 0 unspecified atom stereocenters. The smallest absolute Gasteiger partial charge is 0.323 e. The van der Waals surface area contributed by atoms with Gasteiger partial charge in [-0.15, -0.1) is 0 Å². The molecule has 0 radical (unpaired) electrons. The van der Waals surface area contributed by atoms with Crippen LogP contribution in [-0.4, -0.2) is 11.5 Å². The number of hydrogen-bond acceptors (Lipinski definition) is 3. The van der Waals surface area contributed by atoms with Crippen LogP contribution in [0.5, 0.6) is 0 Å². The average Bonchev–Trinajstić information content (AvgIpc) is 2.54. The molecule has 0 saturated carbocycles. The van der Waals surface area contributed by atoms with Crippen LogP contribution in [0.4, 0.5) is 26.3 Å². The van der Waals surface area contributed by atoms with Crippen molar-refractivity contribution < 1.29 is 31.1 Å². The summed E-state index contributed by atoms with van der Waals surface area (Å²) in [6.45, 7) is 0. The maximum atomic E-state index is 12.8. The van der Waals surface area contributed by atoms with E-state index in [2.05, 4.69) is 5.10 Å². The van der Waals surface area contributed by atoms with Crippen molar-refractivity contribution in [3.05, 3.63) is 70.8 Å². The molecule has 0 atom stereocenters. The molecule has 0 saturated heterocycles. The Labute approximate surface area is 137 Å². The number of carbonyl (C=O) groups is 1. The third kappa shape index (κ3) is 4.17. The number of hydrazone groups is 1. The van der Waals surface area contributed by atoms with E-state index in [0.717, 1.165) is 36.4 Å². The fraction of sp³-hybridized carbons (Fsp3) is 0.125. The lowest BCUT2D eigenvalue weighted by Gasteiger charge is -2.11. The standard InChI is InChI=1S/C16H10F6N2O/c17-15(18,19)11-5-1-3-9(7-11)13(24-23)14(25)10-4-2-6-12(8-10)16(20,21)22/h1-8H,23H2. The minimum Gasteiger partial charge on any atom is -0.323 e. The van der Waals surface area contributed by atoms with Gasteiger partial charge >= 0.3 is 12.4 Å². The van der Waals surface area contributed by atoms with Gasteiger partial charge in [-0.25, -0.2) is 0 Å². The molecule has 3 nitrogen and oxygen atoms in total. The van der Waals surface area contributed by atoms with E-state index in [0.29, 0.717) is 12.1 Å². The lowest BCUT2D eigenvalue weighted by molar-refractivity contribution is -0.138. The number of nitrogens with two attached hydrogens (primary N) is 1. The molecular weight excluding hydrogens is 350 g/mol. The molecule has 2 aromatic carbocycles. The summed E-state index contributed by atoms with van der Waals surface area (Å²) in [5, 5.41) is 3.17. The van der Waals surface area contributed by atoms with E-state index < -0.39 is 40.5 Å². The molecule has 9 heteroatoms. The van der Waals surface area contributed by atoms with Gasteiger partial charge in [0, 0.05) is 11.1 Å². The van der Waals surface area contributed by atoms with Crippen molar-refractivity contribution in [3.8, 4) is 0 Å². The lowest BCUT2D eigenvalue weighted by Crippen LogP contribution is -2.19. The van der Waals surface area contributed by atoms with Crippen LogP contribution in [0.2, 0.25) is 0 Å². The van der Waals surface area contributed by atoms with Crippen LogP contribution in [0.3, 0.4) is 0 Å². The molecule has 25 heavy (non-hydrogen) atoms. The fourth-order valence-corrected chi connectivity index (χ4v) is 2.08. The molecule has 132 valence electrons. The molecule has 2 rings (SSSR count). The number of halogens is 6. The molecule has 0 heterocycles. The molecule has 0 amide bonds. The molecule has 0 aliphatic rings. The van der Waals surface area contributed by atoms with Gasteiger partial charge in [0.2, 0.25) is 5.78 Å². The van der Waals surface area contributed by atoms with Crippen LogP contribution in [0.15, 0.2) is 53.6 Å². The Morgan fingerprint density at radius 3 is 1.68 bits per heavy atom. The zero-order valence-corrected chi connectivity index (χ0v) is 12.3. The number of rotatable bonds is 3. The maximum absolute atomic E-state index is 12.8. The lowest BCUT2D eigenvalue weighted by atomic mass is 9.98. The largest absolute Gasteiger partial charge is 0.416 e. The van der Waals surface area contributed by atoms with E-state index in [1.165, 1.54) is 0 Å². The van der Waals surface area contributed by atoms with Gasteiger partial charge in [-0.2, -0.15) is 31.4 Å². The van der Waals surface area contributed by atoms with Crippen LogP contribution in [0.25, 0.3) is 0 Å². The highest BCUT2D eigenvalue weighted by Crippen LogP contribution is 2.31. The second-order valence-corrected chi connectivity index (χ2v) is 4.96. The summed E-state index contributed by atoms with van der Waals surface area (Å²) in [7, 11) is 0. The number of nitrogens with zero attached hydrogens (tertiary/aromatic N) is 1. The van der Waals surface area contributed by atoms with E-state index in [1.54, 1.807) is 0 Å². The quantitative estimate of drug-likeness (QED) is 0.292. The minimum absolute atomic E-state index is 0.250. The molecule has 0 bridgehead atoms. The van der Waals surface area contributed by atoms with Gasteiger partial charge in [0.05, 0.1) is 11.1 Å². The first-order valence-corrected chi connectivity index (χ1v) is 6.71. The zero-order chi connectivity index (χ0) is 18.8. The van der Waals surface area contributed by atoms with Gasteiger partial charge in [0.15, 0.2) is 0 Å². The number of alkyl halides is 6. The summed E-state index contributed by atoms with van der Waals surface area (Å²) in [6.07, 6.45) is -9.33. The van der Waals surface area contributed by atoms with Crippen molar-refractivity contribution in [2.75, 3.05) is 0 Å². The van der Waals surface area contributed by atoms with Crippen molar-refractivity contribution in [2.45, 2.75) is 12.4 Å². The van der Waals surface area contributed by atoms with Gasteiger partial charge in [-0.05, 0) is 24.3 Å². The fourth-order valence-electron chi connectivity index (χ4n) is 2.08. The highest BCUT2D eigenvalue weighted by molar-refractivity contribution is 6.51. The maximum Gasteiger partial charge on any atom is 0.416 e. The number of carbonyl (C=O) groups excluding carboxylic acids is 1. The Bertz CT molecular complexity index is 824. The number of benzene rings is 2. The van der Waals surface area contributed by atoms with Crippen LogP contribution in [0, 0.1) is 0 Å². The second-order valence-electron chi connectivity index (χ2n) is 4.96. The van der Waals surface area contributed by atoms with Gasteiger partial charge in [-0.3, -0.25) is 4.79 Å². The van der Waals surface area contributed by atoms with Crippen molar-refractivity contribution in [3.63, 3.8) is 0 Å². The van der Waals surface area contributed by atoms with E-state index >= 15 is 0 Å². The third-order valence-electron chi connectivity index (χ3n) is 3.26. The second kappa shape index (κ2) is 6.58. The molecule has 0 fully saturated rings. The summed E-state index contributed by atoms with van der Waals surface area (Å²) in [5.41, 5.74) is -3.33. The SMILES string of the molecule is NN=C(C(=O)c1cccc(C(F)(F)F)c1)c1cccc(C(F)(F)F)c1. The number of ketones is 1. The molecule has 2 N–H and O–H groups in total. The first kappa shape index (κ1) is 18.5. The Balaban J connectivity index is 2.44. The summed E-state index contributed by atoms with van der Waals surface area (Å²) in [5.74, 6) is 4.07. The van der Waals surface area contributed by atoms with Crippen molar-refractivity contribution in [1.82, 2.24) is 0 Å². The normalized spacial score (nSPS) is 13.0. The molecule has 0 aliphatic carbocycles. The van der Waals surface area contributed by atoms with E-state index in [1.807, 2.05) is 0 Å². The molecule has 0 aromatic heterocycles. The topological polar surface area (TPSA) is 55.4 Å². The first-order valence-electron chi connectivity index (χ1n) is 6.71. The van der Waals surface area contributed by atoms with Crippen LogP contribution in [-0.2, 0) is 12.4 Å². The molecule has 0 spiro atoms. The monoisotopic (exact) mass is 360 g/mol. The summed E-state index contributed by atoms with van der Waals surface area (Å²) < 4.78 is 76.5. The van der Waals surface area contributed by atoms with Crippen LogP contribution < -0.4 is 5.84 Å². The zero-order valence-electron chi connectivity index (χ0n) is 12.3. The molecular formula is C16H10F6N2O. The van der Waals surface area contributed by atoms with Gasteiger partial charge in [0.1, 0.15) is 5.71 Å². The summed E-state index contributed by atoms with van der Waals surface area (Å²) in [4.78, 5) is 12.4. The molecule has 2 aromatic rings. The summed E-state index contributed by atoms with van der Waals surface area (Å²) in [6, 6.07) is 7.09. The van der Waals surface area contributed by atoms with E-state index in [-0.39, 0.29) is 5.56 Å². The minimum atomic E-state index is -4.67. The Morgan fingerprint density at radius 2 is 1.24 bits per heavy atom. The third-order valence-corrected chi connectivity index (χ3v) is 3.26. The highest BCUT2D eigenvalue weighted by atomic mass is 19.4. The number of Topliss-reactive ketones (excluding diaryl/α,β-unsaturated/α-hetero) is 1. The van der Waals surface area contributed by atoms with Crippen molar-refractivity contribution >= 4 is 11.5 Å². The van der Waals surface area contributed by atoms with Gasteiger partial charge in [0.25, 0.3) is 0 Å².